The molecule has 4 nitrogen and oxygen atoms in total. The molecule has 2 aromatic heterocycles. The molecule has 5 rings (SSSR count). The molecule has 0 aliphatic rings. The van der Waals surface area contributed by atoms with Crippen molar-refractivity contribution >= 4 is 40.1 Å². The summed E-state index contributed by atoms with van der Waals surface area (Å²) in [6, 6.07) is 24.6. The van der Waals surface area contributed by atoms with Gasteiger partial charge in [0.1, 0.15) is 11.3 Å². The van der Waals surface area contributed by atoms with Crippen LogP contribution in [0.3, 0.4) is 0 Å². The van der Waals surface area contributed by atoms with Gasteiger partial charge in [0.05, 0.1) is 11.3 Å². The third-order valence-corrected chi connectivity index (χ3v) is 5.35. The highest BCUT2D eigenvalue weighted by Gasteiger charge is 2.20. The lowest BCUT2D eigenvalue weighted by atomic mass is 9.97. The molecule has 146 valence electrons. The van der Waals surface area contributed by atoms with Gasteiger partial charge in [-0.15, -0.1) is 0 Å². The van der Waals surface area contributed by atoms with Gasteiger partial charge >= 0.3 is 0 Å². The van der Waals surface area contributed by atoms with E-state index in [2.05, 4.69) is 9.97 Å². The van der Waals surface area contributed by atoms with Gasteiger partial charge in [0.15, 0.2) is 5.58 Å². The number of hydrogen-bond acceptors (Lipinski definition) is 4. The molecule has 0 atom stereocenters. The van der Waals surface area contributed by atoms with Crippen LogP contribution in [0.25, 0.3) is 44.9 Å². The summed E-state index contributed by atoms with van der Waals surface area (Å²) in [4.78, 5) is 9.26. The van der Waals surface area contributed by atoms with Crippen molar-refractivity contribution in [3.63, 3.8) is 0 Å². The first-order valence-corrected chi connectivity index (χ1v) is 10.0. The number of aromatic nitrogens is 2. The standard InChI is InChI=1S/C24H15Cl2N3O/c25-16-9-5-14(6-10-16)18-13-20(15-7-11-17(26)12-8-15)28-23(27)22(18)24-29-19-3-1-2-4-21(19)30-24/h1-13H,(H2,27,28). The highest BCUT2D eigenvalue weighted by Crippen LogP contribution is 2.39. The Hall–Kier alpha value is -3.34. The predicted octanol–water partition coefficient (Wildman–Crippen LogP) is 7.11. The molecular weight excluding hydrogens is 417 g/mol. The van der Waals surface area contributed by atoms with E-state index in [-0.39, 0.29) is 0 Å². The molecular formula is C24H15Cl2N3O. The average molecular weight is 432 g/mol. The smallest absolute Gasteiger partial charge is 0.231 e. The summed E-state index contributed by atoms with van der Waals surface area (Å²) in [5.74, 6) is 0.757. The highest BCUT2D eigenvalue weighted by molar-refractivity contribution is 6.31. The lowest BCUT2D eigenvalue weighted by molar-refractivity contribution is 0.620. The summed E-state index contributed by atoms with van der Waals surface area (Å²) in [5.41, 5.74) is 12.0. The lowest BCUT2D eigenvalue weighted by Gasteiger charge is -2.13. The molecule has 0 aliphatic carbocycles. The maximum absolute atomic E-state index is 6.45. The van der Waals surface area contributed by atoms with Crippen molar-refractivity contribution in [1.82, 2.24) is 9.97 Å². The summed E-state index contributed by atoms with van der Waals surface area (Å²) in [6.07, 6.45) is 0. The van der Waals surface area contributed by atoms with E-state index in [1.165, 1.54) is 0 Å². The number of oxazole rings is 1. The number of hydrogen-bond donors (Lipinski definition) is 1. The molecule has 0 aliphatic heterocycles. The average Bonchev–Trinajstić information content (AvgIpc) is 3.18. The molecule has 0 amide bonds. The Kier molecular flexibility index (Phi) is 4.66. The molecule has 0 saturated heterocycles. The Balaban J connectivity index is 1.76. The van der Waals surface area contributed by atoms with Crippen molar-refractivity contribution in [1.29, 1.82) is 0 Å². The van der Waals surface area contributed by atoms with Gasteiger partial charge in [-0.1, -0.05) is 59.6 Å². The maximum atomic E-state index is 6.45. The van der Waals surface area contributed by atoms with Crippen molar-refractivity contribution in [2.75, 3.05) is 5.73 Å². The van der Waals surface area contributed by atoms with E-state index in [9.17, 15) is 0 Å². The fourth-order valence-corrected chi connectivity index (χ4v) is 3.65. The molecule has 2 N–H and O–H groups in total. The second-order valence-electron chi connectivity index (χ2n) is 6.82. The summed E-state index contributed by atoms with van der Waals surface area (Å²) < 4.78 is 6.01. The van der Waals surface area contributed by atoms with Gasteiger partial charge in [-0.3, -0.25) is 0 Å². The van der Waals surface area contributed by atoms with Gasteiger partial charge in [0.2, 0.25) is 5.89 Å². The Morgan fingerprint density at radius 1 is 0.733 bits per heavy atom. The quantitative estimate of drug-likeness (QED) is 0.330. The molecule has 0 spiro atoms. The first kappa shape index (κ1) is 18.7. The first-order valence-electron chi connectivity index (χ1n) is 9.27. The van der Waals surface area contributed by atoms with Gasteiger partial charge in [-0.05, 0) is 48.0 Å². The Labute approximate surface area is 182 Å². The molecule has 30 heavy (non-hydrogen) atoms. The van der Waals surface area contributed by atoms with Crippen molar-refractivity contribution < 1.29 is 4.42 Å². The number of anilines is 1. The number of nitrogen functional groups attached to an aromatic ring is 1. The fourth-order valence-electron chi connectivity index (χ4n) is 3.39. The van der Waals surface area contributed by atoms with Crippen LogP contribution in [0.2, 0.25) is 10.0 Å². The topological polar surface area (TPSA) is 64.9 Å². The number of nitrogens with two attached hydrogens (primary N) is 1. The van der Waals surface area contributed by atoms with E-state index in [1.54, 1.807) is 0 Å². The minimum absolute atomic E-state index is 0.332. The van der Waals surface area contributed by atoms with Crippen molar-refractivity contribution in [3.05, 3.63) is 88.9 Å². The van der Waals surface area contributed by atoms with Crippen LogP contribution >= 0.6 is 23.2 Å². The van der Waals surface area contributed by atoms with E-state index in [0.29, 0.717) is 32.9 Å². The molecule has 6 heteroatoms. The number of nitrogens with zero attached hydrogens (tertiary/aromatic N) is 2. The van der Waals surface area contributed by atoms with Crippen LogP contribution in [0.4, 0.5) is 5.82 Å². The first-order chi connectivity index (χ1) is 14.6. The minimum atomic E-state index is 0.332. The van der Waals surface area contributed by atoms with Gasteiger partial charge in [-0.25, -0.2) is 9.97 Å². The Morgan fingerprint density at radius 2 is 1.37 bits per heavy atom. The normalized spacial score (nSPS) is 11.1. The number of halogens is 2. The Bertz CT molecular complexity index is 1330. The van der Waals surface area contributed by atoms with Gasteiger partial charge in [0.25, 0.3) is 0 Å². The van der Waals surface area contributed by atoms with E-state index >= 15 is 0 Å². The minimum Gasteiger partial charge on any atom is -0.436 e. The van der Waals surface area contributed by atoms with Crippen LogP contribution in [0.5, 0.6) is 0 Å². The fraction of sp³-hybridized carbons (Fsp3) is 0. The summed E-state index contributed by atoms with van der Waals surface area (Å²) in [6.45, 7) is 0. The van der Waals surface area contributed by atoms with Crippen LogP contribution in [-0.4, -0.2) is 9.97 Å². The van der Waals surface area contributed by atoms with E-state index in [4.69, 9.17) is 33.4 Å². The van der Waals surface area contributed by atoms with Crippen LogP contribution in [0, 0.1) is 0 Å². The molecule has 0 radical (unpaired) electrons. The zero-order chi connectivity index (χ0) is 20.7. The predicted molar refractivity (Wildman–Crippen MR) is 123 cm³/mol. The Morgan fingerprint density at radius 3 is 2.03 bits per heavy atom. The van der Waals surface area contributed by atoms with Crippen molar-refractivity contribution in [2.24, 2.45) is 0 Å². The number of para-hydroxylation sites is 2. The van der Waals surface area contributed by atoms with Gasteiger partial charge in [0, 0.05) is 21.2 Å². The second-order valence-corrected chi connectivity index (χ2v) is 7.69. The van der Waals surface area contributed by atoms with E-state index < -0.39 is 0 Å². The van der Waals surface area contributed by atoms with Crippen LogP contribution in [-0.2, 0) is 0 Å². The number of pyridine rings is 1. The summed E-state index contributed by atoms with van der Waals surface area (Å²) >= 11 is 12.1. The maximum Gasteiger partial charge on any atom is 0.231 e. The molecule has 3 aromatic carbocycles. The molecule has 2 heterocycles. The molecule has 0 fully saturated rings. The van der Waals surface area contributed by atoms with E-state index in [0.717, 1.165) is 27.9 Å². The van der Waals surface area contributed by atoms with E-state index in [1.807, 2.05) is 78.9 Å². The van der Waals surface area contributed by atoms with Gasteiger partial charge in [-0.2, -0.15) is 0 Å². The SMILES string of the molecule is Nc1nc(-c2ccc(Cl)cc2)cc(-c2ccc(Cl)cc2)c1-c1nc2ccccc2o1. The van der Waals surface area contributed by atoms with Crippen molar-refractivity contribution in [3.8, 4) is 33.8 Å². The lowest BCUT2D eigenvalue weighted by Crippen LogP contribution is -1.99. The highest BCUT2D eigenvalue weighted by atomic mass is 35.5. The summed E-state index contributed by atoms with van der Waals surface area (Å²) in [5, 5.41) is 1.31. The second kappa shape index (κ2) is 7.48. The number of benzene rings is 3. The number of fused-ring (bicyclic) bond motifs is 1. The third-order valence-electron chi connectivity index (χ3n) is 4.85. The number of rotatable bonds is 3. The third kappa shape index (κ3) is 3.41. The molecule has 0 saturated carbocycles. The zero-order valence-corrected chi connectivity index (χ0v) is 17.2. The zero-order valence-electron chi connectivity index (χ0n) is 15.6. The molecule has 0 bridgehead atoms. The van der Waals surface area contributed by atoms with Crippen molar-refractivity contribution in [2.45, 2.75) is 0 Å². The largest absolute Gasteiger partial charge is 0.436 e. The monoisotopic (exact) mass is 431 g/mol. The molecule has 5 aromatic rings. The van der Waals surface area contributed by atoms with Crippen LogP contribution in [0.15, 0.2) is 83.3 Å². The van der Waals surface area contributed by atoms with Gasteiger partial charge < -0.3 is 10.2 Å². The van der Waals surface area contributed by atoms with Crippen LogP contribution in [0.1, 0.15) is 0 Å². The molecule has 0 unspecified atom stereocenters. The summed E-state index contributed by atoms with van der Waals surface area (Å²) in [7, 11) is 0. The van der Waals surface area contributed by atoms with Crippen LogP contribution < -0.4 is 5.73 Å².